The molecule has 5 nitrogen and oxygen atoms in total. The van der Waals surface area contributed by atoms with E-state index in [0.717, 1.165) is 0 Å². The number of anilines is 1. The Morgan fingerprint density at radius 3 is 2.65 bits per heavy atom. The molecule has 0 aliphatic carbocycles. The van der Waals surface area contributed by atoms with Gasteiger partial charge in [0.1, 0.15) is 5.82 Å². The Balaban J connectivity index is 2.30. The Morgan fingerprint density at radius 2 is 2.00 bits per heavy atom. The van der Waals surface area contributed by atoms with Crippen molar-refractivity contribution in [3.63, 3.8) is 0 Å². The van der Waals surface area contributed by atoms with Crippen LogP contribution in [0.15, 0.2) is 24.7 Å². The number of carbonyl (C=O) groups is 1. The van der Waals surface area contributed by atoms with E-state index in [2.05, 4.69) is 20.3 Å². The van der Waals surface area contributed by atoms with Crippen molar-refractivity contribution in [3.8, 4) is 0 Å². The summed E-state index contributed by atoms with van der Waals surface area (Å²) < 4.78 is 0. The standard InChI is InChI=1S/C13H12Cl2N4O/c1-7(2)12-17-5-9(15)11(19-12)13(20)18-10-6-16-4-3-8(10)14/h3-7H,1-2H3,(H,18,20). The molecule has 7 heteroatoms. The van der Waals surface area contributed by atoms with Crippen LogP contribution in [0.5, 0.6) is 0 Å². The van der Waals surface area contributed by atoms with Crippen molar-refractivity contribution in [3.05, 3.63) is 46.2 Å². The van der Waals surface area contributed by atoms with E-state index in [1.165, 1.54) is 18.6 Å². The van der Waals surface area contributed by atoms with E-state index in [-0.39, 0.29) is 16.6 Å². The maximum absolute atomic E-state index is 12.2. The number of amides is 1. The molecule has 0 bridgehead atoms. The summed E-state index contributed by atoms with van der Waals surface area (Å²) in [4.78, 5) is 24.3. The summed E-state index contributed by atoms with van der Waals surface area (Å²) >= 11 is 11.9. The Morgan fingerprint density at radius 1 is 1.25 bits per heavy atom. The predicted molar refractivity (Wildman–Crippen MR) is 78.3 cm³/mol. The van der Waals surface area contributed by atoms with Crippen LogP contribution in [0.2, 0.25) is 10.0 Å². The zero-order valence-corrected chi connectivity index (χ0v) is 12.4. The topological polar surface area (TPSA) is 67.8 Å². The number of rotatable bonds is 3. The first-order chi connectivity index (χ1) is 9.49. The highest BCUT2D eigenvalue weighted by Crippen LogP contribution is 2.22. The molecule has 1 amide bonds. The lowest BCUT2D eigenvalue weighted by molar-refractivity contribution is 0.102. The van der Waals surface area contributed by atoms with Crippen molar-refractivity contribution in [2.45, 2.75) is 19.8 Å². The second-order valence-electron chi connectivity index (χ2n) is 4.39. The lowest BCUT2D eigenvalue weighted by atomic mass is 10.2. The monoisotopic (exact) mass is 310 g/mol. The molecule has 0 saturated carbocycles. The van der Waals surface area contributed by atoms with Crippen LogP contribution < -0.4 is 5.32 Å². The summed E-state index contributed by atoms with van der Waals surface area (Å²) in [6.45, 7) is 3.87. The second kappa shape index (κ2) is 6.15. The molecule has 2 rings (SSSR count). The van der Waals surface area contributed by atoms with Crippen molar-refractivity contribution >= 4 is 34.8 Å². The van der Waals surface area contributed by atoms with E-state index in [1.54, 1.807) is 6.07 Å². The molecule has 2 heterocycles. The van der Waals surface area contributed by atoms with E-state index in [1.807, 2.05) is 13.8 Å². The van der Waals surface area contributed by atoms with Crippen LogP contribution in [0.25, 0.3) is 0 Å². The Hall–Kier alpha value is -1.72. The van der Waals surface area contributed by atoms with Crippen LogP contribution >= 0.6 is 23.2 Å². The van der Waals surface area contributed by atoms with Crippen molar-refractivity contribution in [2.24, 2.45) is 0 Å². The summed E-state index contributed by atoms with van der Waals surface area (Å²) in [5, 5.41) is 3.20. The van der Waals surface area contributed by atoms with Gasteiger partial charge in [-0.2, -0.15) is 0 Å². The molecule has 0 unspecified atom stereocenters. The Bertz CT molecular complexity index is 646. The van der Waals surface area contributed by atoms with Crippen molar-refractivity contribution < 1.29 is 4.79 Å². The molecule has 2 aromatic rings. The first-order valence-corrected chi connectivity index (χ1v) is 6.68. The maximum atomic E-state index is 12.2. The van der Waals surface area contributed by atoms with Crippen LogP contribution in [-0.2, 0) is 0 Å². The summed E-state index contributed by atoms with van der Waals surface area (Å²) in [5.41, 5.74) is 0.519. The minimum Gasteiger partial charge on any atom is -0.318 e. The van der Waals surface area contributed by atoms with Gasteiger partial charge in [0.25, 0.3) is 5.91 Å². The van der Waals surface area contributed by atoms with Crippen molar-refractivity contribution in [1.29, 1.82) is 0 Å². The fourth-order valence-electron chi connectivity index (χ4n) is 1.47. The van der Waals surface area contributed by atoms with Gasteiger partial charge in [-0.05, 0) is 6.07 Å². The van der Waals surface area contributed by atoms with Gasteiger partial charge in [-0.25, -0.2) is 9.97 Å². The number of halogens is 2. The third-order valence-electron chi connectivity index (χ3n) is 2.51. The highest BCUT2D eigenvalue weighted by Gasteiger charge is 2.16. The molecule has 0 atom stereocenters. The summed E-state index contributed by atoms with van der Waals surface area (Å²) in [7, 11) is 0. The predicted octanol–water partition coefficient (Wildman–Crippen LogP) is 3.55. The van der Waals surface area contributed by atoms with E-state index in [9.17, 15) is 4.79 Å². The second-order valence-corrected chi connectivity index (χ2v) is 5.20. The molecule has 0 aromatic carbocycles. The third kappa shape index (κ3) is 3.23. The first-order valence-electron chi connectivity index (χ1n) is 5.92. The van der Waals surface area contributed by atoms with E-state index in [0.29, 0.717) is 16.5 Å². The van der Waals surface area contributed by atoms with Gasteiger partial charge in [-0.1, -0.05) is 37.0 Å². The van der Waals surface area contributed by atoms with Gasteiger partial charge in [0.15, 0.2) is 5.69 Å². The number of carbonyl (C=O) groups excluding carboxylic acids is 1. The Labute approximate surface area is 126 Å². The molecule has 0 saturated heterocycles. The van der Waals surface area contributed by atoms with Gasteiger partial charge in [0.2, 0.25) is 0 Å². The molecule has 0 spiro atoms. The third-order valence-corrected chi connectivity index (χ3v) is 3.12. The molecule has 0 fully saturated rings. The molecule has 104 valence electrons. The van der Waals surface area contributed by atoms with Crippen LogP contribution in [0.3, 0.4) is 0 Å². The largest absolute Gasteiger partial charge is 0.318 e. The number of nitrogens with zero attached hydrogens (tertiary/aromatic N) is 3. The number of hydrogen-bond donors (Lipinski definition) is 1. The highest BCUT2D eigenvalue weighted by atomic mass is 35.5. The van der Waals surface area contributed by atoms with Crippen LogP contribution in [0.4, 0.5) is 5.69 Å². The fourth-order valence-corrected chi connectivity index (χ4v) is 1.80. The summed E-state index contributed by atoms with van der Waals surface area (Å²) in [5.74, 6) is 0.201. The highest BCUT2D eigenvalue weighted by molar-refractivity contribution is 6.35. The SMILES string of the molecule is CC(C)c1ncc(Cl)c(C(=O)Nc2cnccc2Cl)n1. The van der Waals surface area contributed by atoms with E-state index < -0.39 is 5.91 Å². The lowest BCUT2D eigenvalue weighted by Gasteiger charge is -2.09. The maximum Gasteiger partial charge on any atom is 0.276 e. The average Bonchev–Trinajstić information content (AvgIpc) is 2.41. The quantitative estimate of drug-likeness (QED) is 0.941. The zero-order valence-electron chi connectivity index (χ0n) is 10.9. The summed E-state index contributed by atoms with van der Waals surface area (Å²) in [6, 6.07) is 1.58. The minimum atomic E-state index is -0.450. The zero-order chi connectivity index (χ0) is 14.7. The molecule has 0 radical (unpaired) electrons. The number of pyridine rings is 1. The van der Waals surface area contributed by atoms with Crippen LogP contribution in [0.1, 0.15) is 36.1 Å². The van der Waals surface area contributed by atoms with Gasteiger partial charge in [-0.15, -0.1) is 0 Å². The van der Waals surface area contributed by atoms with Gasteiger partial charge in [0.05, 0.1) is 28.1 Å². The van der Waals surface area contributed by atoms with Gasteiger partial charge >= 0.3 is 0 Å². The van der Waals surface area contributed by atoms with Gasteiger partial charge in [-0.3, -0.25) is 9.78 Å². The molecular formula is C13H12Cl2N4O. The van der Waals surface area contributed by atoms with E-state index >= 15 is 0 Å². The number of hydrogen-bond acceptors (Lipinski definition) is 4. The molecule has 1 N–H and O–H groups in total. The van der Waals surface area contributed by atoms with Gasteiger partial charge < -0.3 is 5.32 Å². The summed E-state index contributed by atoms with van der Waals surface area (Å²) in [6.07, 6.45) is 4.41. The first kappa shape index (κ1) is 14.7. The average molecular weight is 311 g/mol. The smallest absolute Gasteiger partial charge is 0.276 e. The number of aromatic nitrogens is 3. The van der Waals surface area contributed by atoms with E-state index in [4.69, 9.17) is 23.2 Å². The van der Waals surface area contributed by atoms with Crippen LogP contribution in [0, 0.1) is 0 Å². The normalized spacial score (nSPS) is 10.7. The lowest BCUT2D eigenvalue weighted by Crippen LogP contribution is -2.16. The van der Waals surface area contributed by atoms with Crippen molar-refractivity contribution in [2.75, 3.05) is 5.32 Å². The number of nitrogens with one attached hydrogen (secondary N) is 1. The van der Waals surface area contributed by atoms with Crippen molar-refractivity contribution in [1.82, 2.24) is 15.0 Å². The fraction of sp³-hybridized carbons (Fsp3) is 0.231. The van der Waals surface area contributed by atoms with Crippen LogP contribution in [-0.4, -0.2) is 20.9 Å². The minimum absolute atomic E-state index is 0.0980. The molecule has 0 aliphatic rings. The molecule has 2 aromatic heterocycles. The molecular weight excluding hydrogens is 299 g/mol. The van der Waals surface area contributed by atoms with Gasteiger partial charge in [0, 0.05) is 12.1 Å². The molecule has 0 aliphatic heterocycles. The molecule has 20 heavy (non-hydrogen) atoms. The Kier molecular flexibility index (Phi) is 4.52.